The Morgan fingerprint density at radius 1 is 1.12 bits per heavy atom. The highest BCUT2D eigenvalue weighted by Gasteiger charge is 2.33. The number of nitrogens with zero attached hydrogens (tertiary/aromatic N) is 1. The molecule has 2 amide bonds. The van der Waals surface area contributed by atoms with Gasteiger partial charge in [-0.2, -0.15) is 0 Å². The van der Waals surface area contributed by atoms with E-state index in [2.05, 4.69) is 50.4 Å². The minimum Gasteiger partial charge on any atom is -0.467 e. The van der Waals surface area contributed by atoms with E-state index in [1.807, 2.05) is 48.2 Å². The molecule has 1 fully saturated rings. The Morgan fingerprint density at radius 2 is 1.82 bits per heavy atom. The Morgan fingerprint density at radius 3 is 2.42 bits per heavy atom. The van der Waals surface area contributed by atoms with E-state index in [-0.39, 0.29) is 28.6 Å². The van der Waals surface area contributed by atoms with Crippen LogP contribution in [0.5, 0.6) is 0 Å². The summed E-state index contributed by atoms with van der Waals surface area (Å²) in [7, 11) is 0. The Labute approximate surface area is 199 Å². The normalized spacial score (nSPS) is 17.3. The van der Waals surface area contributed by atoms with Crippen LogP contribution in [-0.2, 0) is 16.8 Å². The number of carbonyl (C=O) groups is 2. The van der Waals surface area contributed by atoms with E-state index in [4.69, 9.17) is 4.42 Å². The van der Waals surface area contributed by atoms with Gasteiger partial charge in [0.25, 0.3) is 5.91 Å². The number of nitrogens with one attached hydrogen (secondary N) is 1. The number of hydrogen-bond donors (Lipinski definition) is 1. The van der Waals surface area contributed by atoms with Crippen molar-refractivity contribution in [1.29, 1.82) is 0 Å². The van der Waals surface area contributed by atoms with E-state index in [9.17, 15) is 9.59 Å². The molecule has 5 nitrogen and oxygen atoms in total. The molecule has 2 atom stereocenters. The number of benzene rings is 2. The number of rotatable bonds is 6. The van der Waals surface area contributed by atoms with Crippen LogP contribution in [0.2, 0.25) is 0 Å². The molecule has 0 bridgehead atoms. The Balaban J connectivity index is 1.41. The van der Waals surface area contributed by atoms with Crippen LogP contribution < -0.4 is 5.32 Å². The summed E-state index contributed by atoms with van der Waals surface area (Å²) in [6.45, 7) is 9.00. The maximum absolute atomic E-state index is 12.8. The summed E-state index contributed by atoms with van der Waals surface area (Å²) in [5.41, 5.74) is 4.04. The second kappa shape index (κ2) is 9.48. The predicted molar refractivity (Wildman–Crippen MR) is 132 cm³/mol. The zero-order valence-electron chi connectivity index (χ0n) is 19.5. The Bertz CT molecular complexity index is 1100. The molecule has 6 heteroatoms. The lowest BCUT2D eigenvalue weighted by Crippen LogP contribution is -2.28. The van der Waals surface area contributed by atoms with E-state index in [0.29, 0.717) is 17.9 Å². The molecule has 2 aromatic carbocycles. The molecule has 1 aliphatic rings. The van der Waals surface area contributed by atoms with Gasteiger partial charge in [0.1, 0.15) is 11.1 Å². The number of thioether (sulfide) groups is 1. The Kier molecular flexibility index (Phi) is 6.66. The number of carbonyl (C=O) groups excluding carboxylic acids is 2. The van der Waals surface area contributed by atoms with Crippen LogP contribution in [0.3, 0.4) is 0 Å². The van der Waals surface area contributed by atoms with Crippen molar-refractivity contribution in [2.45, 2.75) is 51.1 Å². The monoisotopic (exact) mass is 462 g/mol. The molecular formula is C27H30N2O3S. The highest BCUT2D eigenvalue weighted by atomic mass is 32.2. The molecule has 0 spiro atoms. The van der Waals surface area contributed by atoms with E-state index >= 15 is 0 Å². The van der Waals surface area contributed by atoms with Crippen LogP contribution in [0.25, 0.3) is 0 Å². The van der Waals surface area contributed by atoms with Gasteiger partial charge < -0.3 is 14.6 Å². The lowest BCUT2D eigenvalue weighted by molar-refractivity contribution is -0.128. The average molecular weight is 463 g/mol. The van der Waals surface area contributed by atoms with Gasteiger partial charge in [-0.05, 0) is 53.3 Å². The van der Waals surface area contributed by atoms with Crippen LogP contribution in [0.1, 0.15) is 71.9 Å². The van der Waals surface area contributed by atoms with E-state index < -0.39 is 0 Å². The number of hydrogen-bond acceptors (Lipinski definition) is 4. The summed E-state index contributed by atoms with van der Waals surface area (Å²) < 4.78 is 5.42. The lowest BCUT2D eigenvalue weighted by atomic mass is 9.86. The largest absolute Gasteiger partial charge is 0.467 e. The van der Waals surface area contributed by atoms with Gasteiger partial charge in [-0.15, -0.1) is 11.8 Å². The zero-order chi connectivity index (χ0) is 23.6. The molecule has 33 heavy (non-hydrogen) atoms. The third-order valence-corrected chi connectivity index (χ3v) is 7.21. The SMILES string of the molecule is C[C@@H](NC(=O)c1ccc([C@H]2SCC(=O)N2Cc2ccco2)cc1)c1ccc(C(C)(C)C)cc1. The predicted octanol–water partition coefficient (Wildman–Crippen LogP) is 5.84. The minimum atomic E-state index is -0.114. The zero-order valence-corrected chi connectivity index (χ0v) is 20.3. The topological polar surface area (TPSA) is 62.6 Å². The molecule has 0 unspecified atom stereocenters. The standard InChI is InChI=1S/C27H30N2O3S/c1-18(19-11-13-22(14-12-19)27(2,3)4)28-25(31)20-7-9-21(10-8-20)26-29(24(30)17-33-26)16-23-6-5-15-32-23/h5-15,18,26H,16-17H2,1-4H3,(H,28,31)/t18-,26-/m1/s1. The van der Waals surface area contributed by atoms with E-state index in [0.717, 1.165) is 16.9 Å². The molecule has 2 heterocycles. The van der Waals surface area contributed by atoms with E-state index in [1.165, 1.54) is 5.56 Å². The van der Waals surface area contributed by atoms with Crippen molar-refractivity contribution < 1.29 is 14.0 Å². The quantitative estimate of drug-likeness (QED) is 0.500. The first kappa shape index (κ1) is 23.2. The molecule has 0 saturated carbocycles. The van der Waals surface area contributed by atoms with E-state index in [1.54, 1.807) is 18.0 Å². The summed E-state index contributed by atoms with van der Waals surface area (Å²) in [6.07, 6.45) is 1.62. The maximum atomic E-state index is 12.8. The first-order valence-corrected chi connectivity index (χ1v) is 12.2. The molecule has 1 N–H and O–H groups in total. The maximum Gasteiger partial charge on any atom is 0.251 e. The number of amides is 2. The Hall–Kier alpha value is -2.99. The minimum absolute atomic E-state index is 0.0834. The van der Waals surface area contributed by atoms with Gasteiger partial charge in [-0.3, -0.25) is 9.59 Å². The molecule has 1 saturated heterocycles. The number of furan rings is 1. The van der Waals surface area contributed by atoms with Gasteiger partial charge in [-0.25, -0.2) is 0 Å². The summed E-state index contributed by atoms with van der Waals surface area (Å²) in [4.78, 5) is 27.0. The van der Waals surface area contributed by atoms with Crippen molar-refractivity contribution in [2.24, 2.45) is 0 Å². The van der Waals surface area contributed by atoms with Gasteiger partial charge in [-0.1, -0.05) is 57.2 Å². The van der Waals surface area contributed by atoms with Crippen molar-refractivity contribution in [3.63, 3.8) is 0 Å². The molecule has 0 aliphatic carbocycles. The van der Waals surface area contributed by atoms with Crippen LogP contribution in [-0.4, -0.2) is 22.5 Å². The summed E-state index contributed by atoms with van der Waals surface area (Å²) in [5.74, 6) is 1.18. The third-order valence-electron chi connectivity index (χ3n) is 5.96. The van der Waals surface area contributed by atoms with Crippen molar-refractivity contribution in [3.8, 4) is 0 Å². The van der Waals surface area contributed by atoms with Gasteiger partial charge in [0, 0.05) is 5.56 Å². The van der Waals surface area contributed by atoms with Gasteiger partial charge in [0.05, 0.1) is 24.6 Å². The van der Waals surface area contributed by atoms with Crippen molar-refractivity contribution in [1.82, 2.24) is 10.2 Å². The van der Waals surface area contributed by atoms with Crippen LogP contribution >= 0.6 is 11.8 Å². The smallest absolute Gasteiger partial charge is 0.251 e. The first-order chi connectivity index (χ1) is 15.7. The highest BCUT2D eigenvalue weighted by molar-refractivity contribution is 8.00. The second-order valence-corrected chi connectivity index (χ2v) is 10.5. The summed E-state index contributed by atoms with van der Waals surface area (Å²) in [5, 5.41) is 3.00. The summed E-state index contributed by atoms with van der Waals surface area (Å²) >= 11 is 1.59. The van der Waals surface area contributed by atoms with Crippen molar-refractivity contribution in [3.05, 3.63) is 94.9 Å². The lowest BCUT2D eigenvalue weighted by Gasteiger charge is -2.23. The third kappa shape index (κ3) is 5.33. The van der Waals surface area contributed by atoms with Gasteiger partial charge in [0.15, 0.2) is 0 Å². The molecule has 1 aliphatic heterocycles. The van der Waals surface area contributed by atoms with Crippen LogP contribution in [0, 0.1) is 0 Å². The fourth-order valence-corrected chi connectivity index (χ4v) is 5.09. The van der Waals surface area contributed by atoms with Crippen molar-refractivity contribution in [2.75, 3.05) is 5.75 Å². The van der Waals surface area contributed by atoms with Crippen LogP contribution in [0.4, 0.5) is 0 Å². The second-order valence-electron chi connectivity index (χ2n) is 9.45. The first-order valence-electron chi connectivity index (χ1n) is 11.2. The fraction of sp³-hybridized carbons (Fsp3) is 0.333. The molecule has 172 valence electrons. The molecule has 3 aromatic rings. The average Bonchev–Trinajstić information content (AvgIpc) is 3.44. The molecule has 1 aromatic heterocycles. The van der Waals surface area contributed by atoms with Gasteiger partial charge in [0.2, 0.25) is 5.91 Å². The fourth-order valence-electron chi connectivity index (χ4n) is 3.91. The van der Waals surface area contributed by atoms with Crippen LogP contribution in [0.15, 0.2) is 71.3 Å². The molecule has 4 rings (SSSR count). The summed E-state index contributed by atoms with van der Waals surface area (Å²) in [6, 6.07) is 19.5. The molecular weight excluding hydrogens is 432 g/mol. The highest BCUT2D eigenvalue weighted by Crippen LogP contribution is 2.39. The van der Waals surface area contributed by atoms with Gasteiger partial charge >= 0.3 is 0 Å². The molecule has 0 radical (unpaired) electrons. The van der Waals surface area contributed by atoms with Crippen molar-refractivity contribution >= 4 is 23.6 Å².